The second kappa shape index (κ2) is 9.77. The molecule has 0 aliphatic heterocycles. The average molecular weight is 489 g/mol. The first kappa shape index (κ1) is 21.9. The fourth-order valence-electron chi connectivity index (χ4n) is 2.57. The number of hydrogen-bond donors (Lipinski definition) is 1. The van der Waals surface area contributed by atoms with E-state index in [1.165, 1.54) is 18.3 Å². The van der Waals surface area contributed by atoms with E-state index < -0.39 is 10.0 Å². The minimum Gasteiger partial charge on any atom is -0.493 e. The molecule has 0 aliphatic rings. The largest absolute Gasteiger partial charge is 0.493 e. The Morgan fingerprint density at radius 1 is 1.00 bits per heavy atom. The number of nitrogens with zero attached hydrogens (tertiary/aromatic N) is 1. The highest BCUT2D eigenvalue weighted by Crippen LogP contribution is 2.28. The molecule has 8 heteroatoms. The molecule has 156 valence electrons. The van der Waals surface area contributed by atoms with E-state index in [0.29, 0.717) is 23.7 Å². The van der Waals surface area contributed by atoms with Crippen molar-refractivity contribution in [1.29, 1.82) is 0 Å². The highest BCUT2D eigenvalue weighted by atomic mass is 79.9. The number of halogens is 1. The van der Waals surface area contributed by atoms with Gasteiger partial charge in [-0.1, -0.05) is 45.8 Å². The van der Waals surface area contributed by atoms with Gasteiger partial charge in [0.25, 0.3) is 10.0 Å². The van der Waals surface area contributed by atoms with E-state index in [1.807, 2.05) is 31.2 Å². The van der Waals surface area contributed by atoms with Crippen molar-refractivity contribution in [3.63, 3.8) is 0 Å². The Morgan fingerprint density at radius 3 is 2.37 bits per heavy atom. The topological polar surface area (TPSA) is 77.0 Å². The second-order valence-electron chi connectivity index (χ2n) is 6.49. The second-order valence-corrected chi connectivity index (χ2v) is 9.07. The summed E-state index contributed by atoms with van der Waals surface area (Å²) in [7, 11) is -2.18. The highest BCUT2D eigenvalue weighted by Gasteiger charge is 2.12. The first-order valence-corrected chi connectivity index (χ1v) is 11.3. The number of benzene rings is 3. The summed E-state index contributed by atoms with van der Waals surface area (Å²) in [6.45, 7) is 2.29. The lowest BCUT2D eigenvalue weighted by Crippen LogP contribution is -2.18. The predicted octanol–water partition coefficient (Wildman–Crippen LogP) is 4.66. The van der Waals surface area contributed by atoms with Gasteiger partial charge < -0.3 is 9.47 Å². The third kappa shape index (κ3) is 5.84. The quantitative estimate of drug-likeness (QED) is 0.369. The fourth-order valence-corrected chi connectivity index (χ4v) is 3.62. The molecule has 30 heavy (non-hydrogen) atoms. The number of aryl methyl sites for hydroxylation is 1. The summed E-state index contributed by atoms with van der Waals surface area (Å²) in [5.41, 5.74) is 2.66. The summed E-state index contributed by atoms with van der Waals surface area (Å²) in [4.78, 5) is 2.36. The van der Waals surface area contributed by atoms with Crippen molar-refractivity contribution in [2.45, 2.75) is 18.4 Å². The van der Waals surface area contributed by atoms with Crippen molar-refractivity contribution in [3.8, 4) is 11.5 Å². The van der Waals surface area contributed by atoms with Gasteiger partial charge in [-0.3, -0.25) is 0 Å². The zero-order chi connectivity index (χ0) is 21.6. The van der Waals surface area contributed by atoms with E-state index in [0.717, 1.165) is 15.6 Å². The minimum absolute atomic E-state index is 0.152. The van der Waals surface area contributed by atoms with Gasteiger partial charge in [0.15, 0.2) is 11.5 Å². The lowest BCUT2D eigenvalue weighted by molar-refractivity contribution is 0.284. The van der Waals surface area contributed by atoms with Gasteiger partial charge in [0, 0.05) is 4.47 Å². The molecule has 3 aromatic rings. The van der Waals surface area contributed by atoms with Gasteiger partial charge in [0.05, 0.1) is 18.2 Å². The van der Waals surface area contributed by atoms with Crippen LogP contribution >= 0.6 is 15.9 Å². The SMILES string of the molecule is COc1cc(/C=N\NS(=O)(=O)c2ccc(C)cc2)ccc1OCc1ccc(Br)cc1. The summed E-state index contributed by atoms with van der Waals surface area (Å²) < 4.78 is 36.8. The average Bonchev–Trinajstić information content (AvgIpc) is 2.74. The maximum Gasteiger partial charge on any atom is 0.276 e. The van der Waals surface area contributed by atoms with Crippen LogP contribution in [0, 0.1) is 6.92 Å². The van der Waals surface area contributed by atoms with Crippen LogP contribution in [0.15, 0.2) is 81.2 Å². The number of rotatable bonds is 8. The Bertz CT molecular complexity index is 1130. The smallest absolute Gasteiger partial charge is 0.276 e. The van der Waals surface area contributed by atoms with E-state index in [-0.39, 0.29) is 4.90 Å². The number of methoxy groups -OCH3 is 1. The molecule has 0 saturated heterocycles. The maximum atomic E-state index is 12.3. The normalized spacial score (nSPS) is 11.4. The molecule has 0 unspecified atom stereocenters. The fraction of sp³-hybridized carbons (Fsp3) is 0.136. The van der Waals surface area contributed by atoms with Crippen LogP contribution in [0.2, 0.25) is 0 Å². The zero-order valence-electron chi connectivity index (χ0n) is 16.5. The first-order valence-electron chi connectivity index (χ1n) is 9.04. The molecule has 6 nitrogen and oxygen atoms in total. The lowest BCUT2D eigenvalue weighted by atomic mass is 10.2. The van der Waals surface area contributed by atoms with Gasteiger partial charge in [-0.15, -0.1) is 0 Å². The van der Waals surface area contributed by atoms with Crippen LogP contribution in [0.1, 0.15) is 16.7 Å². The highest BCUT2D eigenvalue weighted by molar-refractivity contribution is 9.10. The van der Waals surface area contributed by atoms with E-state index in [1.54, 1.807) is 37.4 Å². The Labute approximate surface area is 184 Å². The van der Waals surface area contributed by atoms with Gasteiger partial charge in [-0.2, -0.15) is 13.5 Å². The molecule has 0 saturated carbocycles. The lowest BCUT2D eigenvalue weighted by Gasteiger charge is -2.11. The summed E-state index contributed by atoms with van der Waals surface area (Å²) in [6.07, 6.45) is 1.41. The number of nitrogens with one attached hydrogen (secondary N) is 1. The van der Waals surface area contributed by atoms with Gasteiger partial charge in [-0.05, 0) is 60.5 Å². The molecule has 1 N–H and O–H groups in total. The molecule has 0 heterocycles. The molecule has 0 fully saturated rings. The Balaban J connectivity index is 1.66. The van der Waals surface area contributed by atoms with Crippen molar-refractivity contribution < 1.29 is 17.9 Å². The molecule has 0 atom stereocenters. The predicted molar refractivity (Wildman–Crippen MR) is 121 cm³/mol. The van der Waals surface area contributed by atoms with Crippen LogP contribution in [0.3, 0.4) is 0 Å². The zero-order valence-corrected chi connectivity index (χ0v) is 18.9. The van der Waals surface area contributed by atoms with Crippen molar-refractivity contribution in [2.24, 2.45) is 5.10 Å². The number of hydrazone groups is 1. The van der Waals surface area contributed by atoms with Crippen LogP contribution in [-0.2, 0) is 16.6 Å². The van der Waals surface area contributed by atoms with Crippen LogP contribution in [0.5, 0.6) is 11.5 Å². The molecule has 0 bridgehead atoms. The molecule has 3 aromatic carbocycles. The van der Waals surface area contributed by atoms with Crippen LogP contribution in [0.4, 0.5) is 0 Å². The molecule has 0 amide bonds. The van der Waals surface area contributed by atoms with E-state index in [9.17, 15) is 8.42 Å². The summed E-state index contributed by atoms with van der Waals surface area (Å²) >= 11 is 3.41. The first-order chi connectivity index (χ1) is 14.4. The third-order valence-electron chi connectivity index (χ3n) is 4.21. The Morgan fingerprint density at radius 2 is 1.70 bits per heavy atom. The Hall–Kier alpha value is -2.84. The van der Waals surface area contributed by atoms with Gasteiger partial charge in [0.2, 0.25) is 0 Å². The molecular weight excluding hydrogens is 468 g/mol. The van der Waals surface area contributed by atoms with Crippen molar-refractivity contribution in [2.75, 3.05) is 7.11 Å². The summed E-state index contributed by atoms with van der Waals surface area (Å²) in [5, 5.41) is 3.86. The summed E-state index contributed by atoms with van der Waals surface area (Å²) in [6, 6.07) is 19.6. The van der Waals surface area contributed by atoms with E-state index in [2.05, 4.69) is 25.9 Å². The van der Waals surface area contributed by atoms with Gasteiger partial charge >= 0.3 is 0 Å². The van der Waals surface area contributed by atoms with E-state index >= 15 is 0 Å². The number of hydrogen-bond acceptors (Lipinski definition) is 5. The van der Waals surface area contributed by atoms with Crippen LogP contribution in [0.25, 0.3) is 0 Å². The van der Waals surface area contributed by atoms with Gasteiger partial charge in [0.1, 0.15) is 6.61 Å². The maximum absolute atomic E-state index is 12.3. The van der Waals surface area contributed by atoms with Gasteiger partial charge in [-0.25, -0.2) is 4.83 Å². The number of sulfonamides is 1. The van der Waals surface area contributed by atoms with Crippen molar-refractivity contribution in [1.82, 2.24) is 4.83 Å². The monoisotopic (exact) mass is 488 g/mol. The van der Waals surface area contributed by atoms with Crippen molar-refractivity contribution >= 4 is 32.2 Å². The third-order valence-corrected chi connectivity index (χ3v) is 5.98. The Kier molecular flexibility index (Phi) is 7.12. The minimum atomic E-state index is -3.72. The van der Waals surface area contributed by atoms with Crippen LogP contribution in [-0.4, -0.2) is 21.7 Å². The molecule has 0 aliphatic carbocycles. The summed E-state index contributed by atoms with van der Waals surface area (Å²) in [5.74, 6) is 1.11. The molecule has 3 rings (SSSR count). The van der Waals surface area contributed by atoms with Crippen LogP contribution < -0.4 is 14.3 Å². The molecule has 0 spiro atoms. The number of ether oxygens (including phenoxy) is 2. The van der Waals surface area contributed by atoms with E-state index in [4.69, 9.17) is 9.47 Å². The molecule has 0 aromatic heterocycles. The van der Waals surface area contributed by atoms with Crippen molar-refractivity contribution in [3.05, 3.63) is 87.9 Å². The molecule has 0 radical (unpaired) electrons. The standard InChI is InChI=1S/C22H21BrN2O4S/c1-16-3-10-20(11-4-16)30(26,27)25-24-14-18-7-12-21(22(13-18)28-2)29-15-17-5-8-19(23)9-6-17/h3-14,25H,15H2,1-2H3/b24-14-. The molecular formula is C22H21BrN2O4S.